The van der Waals surface area contributed by atoms with E-state index >= 15 is 0 Å². The summed E-state index contributed by atoms with van der Waals surface area (Å²) in [6, 6.07) is 5.92. The van der Waals surface area contributed by atoms with E-state index in [1.54, 1.807) is 7.11 Å². The Morgan fingerprint density at radius 2 is 2.13 bits per heavy atom. The summed E-state index contributed by atoms with van der Waals surface area (Å²) in [4.78, 5) is 0. The van der Waals surface area contributed by atoms with Gasteiger partial charge in [-0.2, -0.15) is 0 Å². The first kappa shape index (κ1) is 11.8. The average Bonchev–Trinajstić information content (AvgIpc) is 2.29. The summed E-state index contributed by atoms with van der Waals surface area (Å²) in [5.41, 5.74) is 7.43. The standard InChI is InChI=1S/C11H18N2O2/c1-13-10-5-9(8-15-4-3-12)6-11(7-10)14-2/h5-7,13H,3-4,8,12H2,1-2H3. The van der Waals surface area contributed by atoms with E-state index in [4.69, 9.17) is 15.2 Å². The first-order valence-electron chi connectivity index (χ1n) is 4.93. The van der Waals surface area contributed by atoms with Crippen LogP contribution < -0.4 is 15.8 Å². The van der Waals surface area contributed by atoms with Crippen LogP contribution in [-0.2, 0) is 11.3 Å². The number of nitrogens with one attached hydrogen (secondary N) is 1. The monoisotopic (exact) mass is 210 g/mol. The Morgan fingerprint density at radius 3 is 2.73 bits per heavy atom. The van der Waals surface area contributed by atoms with Gasteiger partial charge in [-0.3, -0.25) is 0 Å². The van der Waals surface area contributed by atoms with E-state index in [1.807, 2.05) is 25.2 Å². The maximum absolute atomic E-state index is 5.36. The number of rotatable bonds is 6. The van der Waals surface area contributed by atoms with E-state index in [2.05, 4.69) is 5.32 Å². The summed E-state index contributed by atoms with van der Waals surface area (Å²) in [7, 11) is 3.53. The quantitative estimate of drug-likeness (QED) is 0.693. The topological polar surface area (TPSA) is 56.5 Å². The van der Waals surface area contributed by atoms with Crippen molar-refractivity contribution >= 4 is 5.69 Å². The first-order chi connectivity index (χ1) is 7.30. The average molecular weight is 210 g/mol. The zero-order valence-electron chi connectivity index (χ0n) is 9.25. The Kier molecular flexibility index (Phi) is 4.93. The number of nitrogens with two attached hydrogens (primary N) is 1. The molecule has 0 saturated heterocycles. The molecule has 3 N–H and O–H groups in total. The Balaban J connectivity index is 2.68. The summed E-state index contributed by atoms with van der Waals surface area (Å²) in [6.45, 7) is 1.68. The molecule has 4 heteroatoms. The Morgan fingerprint density at radius 1 is 1.33 bits per heavy atom. The molecule has 0 aliphatic heterocycles. The molecule has 0 aromatic heterocycles. The van der Waals surface area contributed by atoms with Gasteiger partial charge in [0.15, 0.2) is 0 Å². The van der Waals surface area contributed by atoms with E-state index in [-0.39, 0.29) is 0 Å². The van der Waals surface area contributed by atoms with Gasteiger partial charge in [0.25, 0.3) is 0 Å². The minimum atomic E-state index is 0.544. The molecule has 1 aromatic carbocycles. The van der Waals surface area contributed by atoms with Crippen molar-refractivity contribution in [3.63, 3.8) is 0 Å². The van der Waals surface area contributed by atoms with Crippen molar-refractivity contribution in [1.29, 1.82) is 0 Å². The third-order valence-corrected chi connectivity index (χ3v) is 2.02. The lowest BCUT2D eigenvalue weighted by Crippen LogP contribution is -2.08. The molecular weight excluding hydrogens is 192 g/mol. The highest BCUT2D eigenvalue weighted by Gasteiger charge is 2.00. The molecule has 15 heavy (non-hydrogen) atoms. The molecule has 0 saturated carbocycles. The number of anilines is 1. The van der Waals surface area contributed by atoms with Gasteiger partial charge in [-0.25, -0.2) is 0 Å². The van der Waals surface area contributed by atoms with Gasteiger partial charge < -0.3 is 20.5 Å². The zero-order chi connectivity index (χ0) is 11.1. The number of hydrogen-bond acceptors (Lipinski definition) is 4. The molecule has 0 aliphatic carbocycles. The molecule has 0 atom stereocenters. The van der Waals surface area contributed by atoms with Gasteiger partial charge in [-0.15, -0.1) is 0 Å². The molecule has 0 bridgehead atoms. The summed E-state index contributed by atoms with van der Waals surface area (Å²) >= 11 is 0. The number of methoxy groups -OCH3 is 1. The van der Waals surface area contributed by atoms with Gasteiger partial charge in [0.2, 0.25) is 0 Å². The van der Waals surface area contributed by atoms with E-state index in [1.165, 1.54) is 0 Å². The van der Waals surface area contributed by atoms with Gasteiger partial charge in [0.05, 0.1) is 20.3 Å². The van der Waals surface area contributed by atoms with Crippen LogP contribution in [0.15, 0.2) is 18.2 Å². The van der Waals surface area contributed by atoms with Crippen LogP contribution in [0.1, 0.15) is 5.56 Å². The fourth-order valence-corrected chi connectivity index (χ4v) is 1.28. The van der Waals surface area contributed by atoms with Crippen molar-refractivity contribution in [3.8, 4) is 5.75 Å². The van der Waals surface area contributed by atoms with Crippen molar-refractivity contribution in [2.75, 3.05) is 32.6 Å². The van der Waals surface area contributed by atoms with Gasteiger partial charge in [-0.1, -0.05) is 0 Å². The van der Waals surface area contributed by atoms with Crippen LogP contribution in [0, 0.1) is 0 Å². The second-order valence-corrected chi connectivity index (χ2v) is 3.16. The molecule has 4 nitrogen and oxygen atoms in total. The van der Waals surface area contributed by atoms with Gasteiger partial charge in [-0.05, 0) is 17.7 Å². The van der Waals surface area contributed by atoms with Crippen molar-refractivity contribution in [2.45, 2.75) is 6.61 Å². The molecule has 0 radical (unpaired) electrons. The highest BCUT2D eigenvalue weighted by Crippen LogP contribution is 2.20. The fourth-order valence-electron chi connectivity index (χ4n) is 1.28. The Bertz CT molecular complexity index is 280. The lowest BCUT2D eigenvalue weighted by Gasteiger charge is -2.09. The van der Waals surface area contributed by atoms with Crippen LogP contribution in [0.25, 0.3) is 0 Å². The Hall–Kier alpha value is -1.26. The predicted molar refractivity (Wildman–Crippen MR) is 61.3 cm³/mol. The van der Waals surface area contributed by atoms with E-state index < -0.39 is 0 Å². The summed E-state index contributed by atoms with van der Waals surface area (Å²) < 4.78 is 10.5. The third kappa shape index (κ3) is 3.77. The molecule has 1 rings (SSSR count). The third-order valence-electron chi connectivity index (χ3n) is 2.02. The number of ether oxygens (including phenoxy) is 2. The van der Waals surface area contributed by atoms with Crippen molar-refractivity contribution in [2.24, 2.45) is 5.73 Å². The van der Waals surface area contributed by atoms with Crippen LogP contribution in [-0.4, -0.2) is 27.3 Å². The van der Waals surface area contributed by atoms with Gasteiger partial charge >= 0.3 is 0 Å². The molecule has 0 spiro atoms. The van der Waals surface area contributed by atoms with Crippen molar-refractivity contribution in [1.82, 2.24) is 0 Å². The van der Waals surface area contributed by atoms with Crippen LogP contribution in [0.2, 0.25) is 0 Å². The molecule has 0 amide bonds. The predicted octanol–water partition coefficient (Wildman–Crippen LogP) is 1.21. The molecular formula is C11H18N2O2. The van der Waals surface area contributed by atoms with Gasteiger partial charge in [0, 0.05) is 25.3 Å². The van der Waals surface area contributed by atoms with Crippen LogP contribution in [0.4, 0.5) is 5.69 Å². The lowest BCUT2D eigenvalue weighted by atomic mass is 10.2. The molecule has 0 unspecified atom stereocenters. The maximum atomic E-state index is 5.36. The number of benzene rings is 1. The maximum Gasteiger partial charge on any atom is 0.121 e. The van der Waals surface area contributed by atoms with Crippen molar-refractivity contribution < 1.29 is 9.47 Å². The summed E-state index contributed by atoms with van der Waals surface area (Å²) in [6.07, 6.45) is 0. The Labute approximate surface area is 90.4 Å². The first-order valence-corrected chi connectivity index (χ1v) is 4.93. The number of hydrogen-bond donors (Lipinski definition) is 2. The molecule has 84 valence electrons. The van der Waals surface area contributed by atoms with E-state index in [0.29, 0.717) is 19.8 Å². The minimum Gasteiger partial charge on any atom is -0.497 e. The second kappa shape index (κ2) is 6.27. The highest BCUT2D eigenvalue weighted by molar-refractivity contribution is 5.50. The smallest absolute Gasteiger partial charge is 0.121 e. The lowest BCUT2D eigenvalue weighted by molar-refractivity contribution is 0.128. The normalized spacial score (nSPS) is 10.1. The second-order valence-electron chi connectivity index (χ2n) is 3.16. The fraction of sp³-hybridized carbons (Fsp3) is 0.455. The highest BCUT2D eigenvalue weighted by atomic mass is 16.5. The summed E-state index contributed by atoms with van der Waals surface area (Å²) in [5.74, 6) is 0.827. The molecule has 1 aromatic rings. The zero-order valence-corrected chi connectivity index (χ0v) is 9.25. The van der Waals surface area contributed by atoms with Gasteiger partial charge in [0.1, 0.15) is 5.75 Å². The molecule has 0 heterocycles. The SMILES string of the molecule is CNc1cc(COCCN)cc(OC)c1. The van der Waals surface area contributed by atoms with Crippen LogP contribution in [0.3, 0.4) is 0 Å². The minimum absolute atomic E-state index is 0.544. The van der Waals surface area contributed by atoms with E-state index in [9.17, 15) is 0 Å². The molecule has 0 aliphatic rings. The largest absolute Gasteiger partial charge is 0.497 e. The molecule has 0 fully saturated rings. The van der Waals surface area contributed by atoms with Crippen LogP contribution >= 0.6 is 0 Å². The van der Waals surface area contributed by atoms with Crippen molar-refractivity contribution in [3.05, 3.63) is 23.8 Å². The van der Waals surface area contributed by atoms with Crippen LogP contribution in [0.5, 0.6) is 5.75 Å². The van der Waals surface area contributed by atoms with E-state index in [0.717, 1.165) is 17.0 Å². The summed E-state index contributed by atoms with van der Waals surface area (Å²) in [5, 5.41) is 3.07.